The second-order valence-electron chi connectivity index (χ2n) is 6.03. The Kier molecular flexibility index (Phi) is 7.48. The van der Waals surface area contributed by atoms with Gasteiger partial charge in [0.15, 0.2) is 18.1 Å². The molecule has 2 aromatic carbocycles. The van der Waals surface area contributed by atoms with Crippen LogP contribution in [0.2, 0.25) is 5.02 Å². The minimum atomic E-state index is -0.869. The number of nitrogens with one attached hydrogen (secondary N) is 1. The molecule has 0 fully saturated rings. The van der Waals surface area contributed by atoms with Gasteiger partial charge < -0.3 is 14.8 Å². The van der Waals surface area contributed by atoms with Crippen LogP contribution in [0.3, 0.4) is 0 Å². The van der Waals surface area contributed by atoms with Crippen LogP contribution in [0.25, 0.3) is 0 Å². The van der Waals surface area contributed by atoms with Crippen molar-refractivity contribution in [1.82, 2.24) is 4.98 Å². The minimum absolute atomic E-state index is 0.133. The molecule has 0 radical (unpaired) electrons. The number of ether oxygens (including phenoxy) is 2. The molecular formula is C21H17ClF2N2O3S. The zero-order valence-corrected chi connectivity index (χ0v) is 17.4. The maximum Gasteiger partial charge on any atom is 0.262 e. The SMILES string of the molecule is COc1cnc(CSc2ccc(Cl)cc2)cc1OCC(=O)Nc1ccc(F)cc1F. The number of halogens is 3. The number of carbonyl (C=O) groups excluding carboxylic acids is 1. The van der Waals surface area contributed by atoms with Crippen LogP contribution in [0.4, 0.5) is 14.5 Å². The Balaban J connectivity index is 1.61. The average Bonchev–Trinajstić information content (AvgIpc) is 2.74. The van der Waals surface area contributed by atoms with Gasteiger partial charge in [0.25, 0.3) is 5.91 Å². The first-order chi connectivity index (χ1) is 14.4. The van der Waals surface area contributed by atoms with Crippen molar-refractivity contribution in [1.29, 1.82) is 0 Å². The van der Waals surface area contributed by atoms with Gasteiger partial charge in [-0.15, -0.1) is 11.8 Å². The second kappa shape index (κ2) is 10.3. The summed E-state index contributed by atoms with van der Waals surface area (Å²) >= 11 is 7.45. The molecule has 3 rings (SSSR count). The summed E-state index contributed by atoms with van der Waals surface area (Å²) in [6, 6.07) is 12.0. The number of methoxy groups -OCH3 is 1. The predicted octanol–water partition coefficient (Wildman–Crippen LogP) is 5.33. The first-order valence-corrected chi connectivity index (χ1v) is 10.1. The van der Waals surface area contributed by atoms with Gasteiger partial charge in [0, 0.05) is 27.8 Å². The van der Waals surface area contributed by atoms with Gasteiger partial charge in [-0.3, -0.25) is 9.78 Å². The van der Waals surface area contributed by atoms with E-state index in [0.717, 1.165) is 22.7 Å². The lowest BCUT2D eigenvalue weighted by atomic mass is 10.3. The summed E-state index contributed by atoms with van der Waals surface area (Å²) in [5.74, 6) is -0.949. The van der Waals surface area contributed by atoms with E-state index in [1.54, 1.807) is 17.8 Å². The fraction of sp³-hybridized carbons (Fsp3) is 0.143. The Morgan fingerprint density at radius 2 is 1.90 bits per heavy atom. The maximum atomic E-state index is 13.7. The fourth-order valence-corrected chi connectivity index (χ4v) is 3.35. The maximum absolute atomic E-state index is 13.7. The Labute approximate surface area is 181 Å². The molecule has 0 atom stereocenters. The van der Waals surface area contributed by atoms with Gasteiger partial charge in [0.05, 0.1) is 24.7 Å². The first kappa shape index (κ1) is 21.9. The molecule has 0 bridgehead atoms. The van der Waals surface area contributed by atoms with Gasteiger partial charge in [-0.2, -0.15) is 0 Å². The molecule has 1 heterocycles. The molecule has 1 amide bonds. The van der Waals surface area contributed by atoms with Crippen molar-refractivity contribution >= 4 is 35.0 Å². The molecule has 0 saturated carbocycles. The molecule has 1 N–H and O–H groups in total. The largest absolute Gasteiger partial charge is 0.491 e. The van der Waals surface area contributed by atoms with E-state index < -0.39 is 17.5 Å². The third kappa shape index (κ3) is 6.08. The van der Waals surface area contributed by atoms with E-state index >= 15 is 0 Å². The van der Waals surface area contributed by atoms with E-state index in [0.29, 0.717) is 28.3 Å². The number of nitrogens with zero attached hydrogens (tertiary/aromatic N) is 1. The standard InChI is InChI=1S/C21H17ClF2N2O3S/c1-28-20-10-25-15(12-30-16-5-2-13(22)3-6-16)9-19(20)29-11-21(27)26-18-7-4-14(23)8-17(18)24/h2-10H,11-12H2,1H3,(H,26,27). The topological polar surface area (TPSA) is 60.5 Å². The number of amides is 1. The van der Waals surface area contributed by atoms with Crippen molar-refractivity contribution in [3.8, 4) is 11.5 Å². The summed E-state index contributed by atoms with van der Waals surface area (Å²) in [6.07, 6.45) is 1.50. The first-order valence-electron chi connectivity index (χ1n) is 8.73. The molecule has 9 heteroatoms. The van der Waals surface area contributed by atoms with Gasteiger partial charge in [0.2, 0.25) is 0 Å². The normalized spacial score (nSPS) is 10.5. The van der Waals surface area contributed by atoms with Gasteiger partial charge in [-0.25, -0.2) is 8.78 Å². The number of rotatable bonds is 8. The fourth-order valence-electron chi connectivity index (χ4n) is 2.42. The summed E-state index contributed by atoms with van der Waals surface area (Å²) in [6.45, 7) is -0.388. The van der Waals surface area contributed by atoms with Crippen molar-refractivity contribution < 1.29 is 23.0 Å². The highest BCUT2D eigenvalue weighted by molar-refractivity contribution is 7.98. The predicted molar refractivity (Wildman–Crippen MR) is 112 cm³/mol. The van der Waals surface area contributed by atoms with Crippen molar-refractivity contribution in [2.45, 2.75) is 10.6 Å². The van der Waals surface area contributed by atoms with E-state index in [1.807, 2.05) is 24.3 Å². The highest BCUT2D eigenvalue weighted by Gasteiger charge is 2.12. The van der Waals surface area contributed by atoms with Crippen LogP contribution in [0.15, 0.2) is 59.6 Å². The highest BCUT2D eigenvalue weighted by atomic mass is 35.5. The van der Waals surface area contributed by atoms with Gasteiger partial charge >= 0.3 is 0 Å². The lowest BCUT2D eigenvalue weighted by Gasteiger charge is -2.12. The average molecular weight is 451 g/mol. The Hall–Kier alpha value is -2.84. The summed E-state index contributed by atoms with van der Waals surface area (Å²) < 4.78 is 37.4. The number of hydrogen-bond acceptors (Lipinski definition) is 5. The number of pyridine rings is 1. The van der Waals surface area contributed by atoms with E-state index in [1.165, 1.54) is 13.3 Å². The second-order valence-corrected chi connectivity index (χ2v) is 7.52. The molecule has 5 nitrogen and oxygen atoms in total. The van der Waals surface area contributed by atoms with Crippen LogP contribution in [-0.4, -0.2) is 24.6 Å². The molecular weight excluding hydrogens is 434 g/mol. The summed E-state index contributed by atoms with van der Waals surface area (Å²) in [5, 5.41) is 3.00. The molecule has 3 aromatic rings. The molecule has 1 aromatic heterocycles. The van der Waals surface area contributed by atoms with Crippen LogP contribution in [0.5, 0.6) is 11.5 Å². The Morgan fingerprint density at radius 1 is 1.13 bits per heavy atom. The number of thioether (sulfide) groups is 1. The Morgan fingerprint density at radius 3 is 2.60 bits per heavy atom. The number of aromatic nitrogens is 1. The van der Waals surface area contributed by atoms with Gasteiger partial charge in [-0.1, -0.05) is 11.6 Å². The number of hydrogen-bond donors (Lipinski definition) is 1. The molecule has 0 aliphatic rings. The van der Waals surface area contributed by atoms with Crippen molar-refractivity contribution in [3.63, 3.8) is 0 Å². The molecule has 0 spiro atoms. The zero-order valence-electron chi connectivity index (χ0n) is 15.8. The minimum Gasteiger partial charge on any atom is -0.491 e. The third-order valence-electron chi connectivity index (χ3n) is 3.87. The molecule has 0 unspecified atom stereocenters. The summed E-state index contributed by atoms with van der Waals surface area (Å²) in [4.78, 5) is 17.4. The summed E-state index contributed by atoms with van der Waals surface area (Å²) in [5.41, 5.74) is 0.586. The highest BCUT2D eigenvalue weighted by Crippen LogP contribution is 2.30. The molecule has 0 aliphatic carbocycles. The van der Waals surface area contributed by atoms with Crippen molar-refractivity contribution in [2.24, 2.45) is 0 Å². The Bertz CT molecular complexity index is 1040. The zero-order chi connectivity index (χ0) is 21.5. The van der Waals surface area contributed by atoms with E-state index in [9.17, 15) is 13.6 Å². The molecule has 30 heavy (non-hydrogen) atoms. The molecule has 156 valence electrons. The van der Waals surface area contributed by atoms with Crippen LogP contribution >= 0.6 is 23.4 Å². The monoisotopic (exact) mass is 450 g/mol. The van der Waals surface area contributed by atoms with E-state index in [-0.39, 0.29) is 12.3 Å². The summed E-state index contributed by atoms with van der Waals surface area (Å²) in [7, 11) is 1.46. The number of anilines is 1. The number of benzene rings is 2. The van der Waals surface area contributed by atoms with Crippen LogP contribution in [0.1, 0.15) is 5.69 Å². The van der Waals surface area contributed by atoms with Crippen LogP contribution in [0, 0.1) is 11.6 Å². The van der Waals surface area contributed by atoms with E-state index in [2.05, 4.69) is 10.3 Å². The quantitative estimate of drug-likeness (QED) is 0.470. The van der Waals surface area contributed by atoms with Crippen molar-refractivity contribution in [3.05, 3.63) is 77.1 Å². The lowest BCUT2D eigenvalue weighted by Crippen LogP contribution is -2.21. The van der Waals surface area contributed by atoms with Crippen molar-refractivity contribution in [2.75, 3.05) is 19.0 Å². The van der Waals surface area contributed by atoms with Crippen LogP contribution < -0.4 is 14.8 Å². The van der Waals surface area contributed by atoms with Crippen LogP contribution in [-0.2, 0) is 10.5 Å². The number of carbonyl (C=O) groups is 1. The lowest BCUT2D eigenvalue weighted by molar-refractivity contribution is -0.118. The molecule has 0 saturated heterocycles. The smallest absolute Gasteiger partial charge is 0.262 e. The molecule has 0 aliphatic heterocycles. The van der Waals surface area contributed by atoms with E-state index in [4.69, 9.17) is 21.1 Å². The van der Waals surface area contributed by atoms with Gasteiger partial charge in [0.1, 0.15) is 11.6 Å². The third-order valence-corrected chi connectivity index (χ3v) is 5.17. The van der Waals surface area contributed by atoms with Gasteiger partial charge in [-0.05, 0) is 36.4 Å².